The molecule has 2 rings (SSSR count). The monoisotopic (exact) mass is 254 g/mol. The molecule has 1 aliphatic rings. The van der Waals surface area contributed by atoms with Crippen LogP contribution in [0.4, 0.5) is 0 Å². The van der Waals surface area contributed by atoms with Gasteiger partial charge in [-0.3, -0.25) is 4.90 Å². The van der Waals surface area contributed by atoms with E-state index in [1.165, 1.54) is 0 Å². The Morgan fingerprint density at radius 2 is 2.22 bits per heavy atom. The van der Waals surface area contributed by atoms with Gasteiger partial charge in [0.05, 0.1) is 12.6 Å². The van der Waals surface area contributed by atoms with Crippen LogP contribution in [-0.2, 0) is 11.3 Å². The maximum Gasteiger partial charge on any atom is 0.223 e. The average Bonchev–Trinajstić information content (AvgIpc) is 2.77. The summed E-state index contributed by atoms with van der Waals surface area (Å²) in [5.41, 5.74) is 5.44. The van der Waals surface area contributed by atoms with Crippen LogP contribution in [0.2, 0.25) is 0 Å². The van der Waals surface area contributed by atoms with Crippen LogP contribution in [0.15, 0.2) is 4.52 Å². The molecular weight excluding hydrogens is 232 g/mol. The van der Waals surface area contributed by atoms with Crippen molar-refractivity contribution in [3.63, 3.8) is 0 Å². The average molecular weight is 254 g/mol. The summed E-state index contributed by atoms with van der Waals surface area (Å²) in [6, 6.07) is 0. The van der Waals surface area contributed by atoms with E-state index < -0.39 is 0 Å². The smallest absolute Gasteiger partial charge is 0.223 e. The summed E-state index contributed by atoms with van der Waals surface area (Å²) in [6.45, 7) is 6.13. The van der Waals surface area contributed by atoms with Crippen molar-refractivity contribution >= 4 is 0 Å². The van der Waals surface area contributed by atoms with Crippen molar-refractivity contribution < 1.29 is 9.26 Å². The maximum absolute atomic E-state index is 5.77. The largest absolute Gasteiger partial charge is 0.378 e. The van der Waals surface area contributed by atoms with Crippen LogP contribution < -0.4 is 5.73 Å². The lowest BCUT2D eigenvalue weighted by Crippen LogP contribution is -2.37. The number of rotatable bonds is 6. The molecule has 0 spiro atoms. The van der Waals surface area contributed by atoms with E-state index in [9.17, 15) is 0 Å². The highest BCUT2D eigenvalue weighted by atomic mass is 16.5. The molecule has 0 atom stereocenters. The molecule has 0 amide bonds. The highest BCUT2D eigenvalue weighted by Gasteiger charge is 2.20. The molecule has 2 N–H and O–H groups in total. The number of nitrogens with zero attached hydrogens (tertiary/aromatic N) is 3. The zero-order valence-corrected chi connectivity index (χ0v) is 11.0. The van der Waals surface area contributed by atoms with Crippen molar-refractivity contribution in [3.05, 3.63) is 11.7 Å². The summed E-state index contributed by atoms with van der Waals surface area (Å²) in [7, 11) is 0. The van der Waals surface area contributed by atoms with E-state index in [2.05, 4.69) is 15.0 Å². The first-order chi connectivity index (χ1) is 8.78. The summed E-state index contributed by atoms with van der Waals surface area (Å²) in [4.78, 5) is 6.56. The molecular formula is C12H22N4O2. The molecule has 18 heavy (non-hydrogen) atoms. The zero-order valence-electron chi connectivity index (χ0n) is 11.0. The lowest BCUT2D eigenvalue weighted by molar-refractivity contribution is 0.00505. The van der Waals surface area contributed by atoms with E-state index in [4.69, 9.17) is 15.0 Å². The van der Waals surface area contributed by atoms with Crippen LogP contribution in [0.5, 0.6) is 0 Å². The minimum Gasteiger partial charge on any atom is -0.378 e. The Labute approximate surface area is 107 Å². The Morgan fingerprint density at radius 3 is 2.83 bits per heavy atom. The SMILES string of the molecule is Cc1nc(CN2CCC(OCCCN)CC2)no1. The van der Waals surface area contributed by atoms with Gasteiger partial charge in [0.25, 0.3) is 0 Å². The van der Waals surface area contributed by atoms with Gasteiger partial charge in [-0.1, -0.05) is 5.16 Å². The van der Waals surface area contributed by atoms with Crippen molar-refractivity contribution in [1.82, 2.24) is 15.0 Å². The fourth-order valence-corrected chi connectivity index (χ4v) is 2.17. The first-order valence-corrected chi connectivity index (χ1v) is 6.61. The fourth-order valence-electron chi connectivity index (χ4n) is 2.17. The van der Waals surface area contributed by atoms with E-state index in [0.717, 1.165) is 51.3 Å². The van der Waals surface area contributed by atoms with Crippen LogP contribution >= 0.6 is 0 Å². The molecule has 1 saturated heterocycles. The zero-order chi connectivity index (χ0) is 12.8. The van der Waals surface area contributed by atoms with Crippen molar-refractivity contribution in [2.24, 2.45) is 5.73 Å². The lowest BCUT2D eigenvalue weighted by atomic mass is 10.1. The molecule has 0 aromatic carbocycles. The molecule has 2 heterocycles. The fraction of sp³-hybridized carbons (Fsp3) is 0.833. The first kappa shape index (κ1) is 13.5. The van der Waals surface area contributed by atoms with Gasteiger partial charge in [-0.15, -0.1) is 0 Å². The summed E-state index contributed by atoms with van der Waals surface area (Å²) in [6.07, 6.45) is 3.48. The third-order valence-corrected chi connectivity index (χ3v) is 3.17. The predicted octanol–water partition coefficient (Wildman–Crippen LogP) is 0.708. The van der Waals surface area contributed by atoms with E-state index in [1.54, 1.807) is 0 Å². The minimum absolute atomic E-state index is 0.389. The van der Waals surface area contributed by atoms with Gasteiger partial charge in [0.1, 0.15) is 0 Å². The minimum atomic E-state index is 0.389. The number of hydrogen-bond acceptors (Lipinski definition) is 6. The van der Waals surface area contributed by atoms with Gasteiger partial charge in [0.15, 0.2) is 5.82 Å². The van der Waals surface area contributed by atoms with E-state index >= 15 is 0 Å². The maximum atomic E-state index is 5.77. The quantitative estimate of drug-likeness (QED) is 0.753. The molecule has 0 unspecified atom stereocenters. The second-order valence-corrected chi connectivity index (χ2v) is 4.72. The molecule has 1 aliphatic heterocycles. The number of hydrogen-bond donors (Lipinski definition) is 1. The number of ether oxygens (including phenoxy) is 1. The van der Waals surface area contributed by atoms with Gasteiger partial charge in [-0.05, 0) is 25.8 Å². The molecule has 102 valence electrons. The van der Waals surface area contributed by atoms with Gasteiger partial charge in [0, 0.05) is 26.6 Å². The van der Waals surface area contributed by atoms with Crippen molar-refractivity contribution in [3.8, 4) is 0 Å². The third-order valence-electron chi connectivity index (χ3n) is 3.17. The number of piperidine rings is 1. The molecule has 1 fully saturated rings. The Morgan fingerprint density at radius 1 is 1.44 bits per heavy atom. The Balaban J connectivity index is 1.67. The predicted molar refractivity (Wildman–Crippen MR) is 67.0 cm³/mol. The third kappa shape index (κ3) is 4.04. The second kappa shape index (κ2) is 6.82. The molecule has 0 saturated carbocycles. The van der Waals surface area contributed by atoms with E-state index in [0.29, 0.717) is 18.5 Å². The highest BCUT2D eigenvalue weighted by Crippen LogP contribution is 2.15. The van der Waals surface area contributed by atoms with Crippen LogP contribution in [-0.4, -0.2) is 47.4 Å². The first-order valence-electron chi connectivity index (χ1n) is 6.61. The van der Waals surface area contributed by atoms with Crippen LogP contribution in [0.1, 0.15) is 31.0 Å². The van der Waals surface area contributed by atoms with Crippen LogP contribution in [0.3, 0.4) is 0 Å². The van der Waals surface area contributed by atoms with Gasteiger partial charge in [-0.25, -0.2) is 0 Å². The summed E-state index contributed by atoms with van der Waals surface area (Å²) in [5, 5.41) is 3.92. The van der Waals surface area contributed by atoms with Crippen molar-refractivity contribution in [2.45, 2.75) is 38.8 Å². The summed E-state index contributed by atoms with van der Waals surface area (Å²) >= 11 is 0. The van der Waals surface area contributed by atoms with Gasteiger partial charge >= 0.3 is 0 Å². The highest BCUT2D eigenvalue weighted by molar-refractivity contribution is 4.85. The van der Waals surface area contributed by atoms with Crippen molar-refractivity contribution in [2.75, 3.05) is 26.2 Å². The van der Waals surface area contributed by atoms with Gasteiger partial charge in [-0.2, -0.15) is 4.98 Å². The van der Waals surface area contributed by atoms with Crippen LogP contribution in [0.25, 0.3) is 0 Å². The van der Waals surface area contributed by atoms with E-state index in [1.807, 2.05) is 6.92 Å². The number of likely N-dealkylation sites (tertiary alicyclic amines) is 1. The number of nitrogens with two attached hydrogens (primary N) is 1. The molecule has 1 aromatic heterocycles. The Hall–Kier alpha value is -0.980. The number of aryl methyl sites for hydroxylation is 1. The topological polar surface area (TPSA) is 77.4 Å². The molecule has 6 nitrogen and oxygen atoms in total. The molecule has 6 heteroatoms. The van der Waals surface area contributed by atoms with Gasteiger partial charge in [0.2, 0.25) is 5.89 Å². The summed E-state index contributed by atoms with van der Waals surface area (Å²) in [5.74, 6) is 1.40. The number of aromatic nitrogens is 2. The molecule has 0 radical (unpaired) electrons. The second-order valence-electron chi connectivity index (χ2n) is 4.72. The Bertz CT molecular complexity index is 348. The van der Waals surface area contributed by atoms with E-state index in [-0.39, 0.29) is 0 Å². The standard InChI is InChI=1S/C12H22N4O2/c1-10-14-12(15-18-10)9-16-6-3-11(4-7-16)17-8-2-5-13/h11H,2-9,13H2,1H3. The Kier molecular flexibility index (Phi) is 5.10. The normalized spacial score (nSPS) is 18.3. The molecule has 1 aromatic rings. The molecule has 0 aliphatic carbocycles. The summed E-state index contributed by atoms with van der Waals surface area (Å²) < 4.78 is 10.7. The van der Waals surface area contributed by atoms with Crippen molar-refractivity contribution in [1.29, 1.82) is 0 Å². The lowest BCUT2D eigenvalue weighted by Gasteiger charge is -2.30. The van der Waals surface area contributed by atoms with Gasteiger partial charge < -0.3 is 15.0 Å². The van der Waals surface area contributed by atoms with Crippen LogP contribution in [0, 0.1) is 6.92 Å². The molecule has 0 bridgehead atoms.